The summed E-state index contributed by atoms with van der Waals surface area (Å²) in [5.74, 6) is 0. The van der Waals surface area contributed by atoms with Gasteiger partial charge in [0.15, 0.2) is 0 Å². The van der Waals surface area contributed by atoms with Crippen LogP contribution in [0, 0.1) is 49.9 Å². The van der Waals surface area contributed by atoms with Crippen LogP contribution in [0.4, 0.5) is 0 Å². The summed E-state index contributed by atoms with van der Waals surface area (Å²) in [5, 5.41) is 0. The summed E-state index contributed by atoms with van der Waals surface area (Å²) in [5.41, 5.74) is 0. The molecular weight excluding hydrogens is 463 g/mol. The summed E-state index contributed by atoms with van der Waals surface area (Å²) < 4.78 is 34.5. The minimum Gasteiger partial charge on any atom is -0.726 e. The Morgan fingerprint density at radius 2 is 1.22 bits per heavy atom. The van der Waals surface area contributed by atoms with E-state index in [9.17, 15) is 13.0 Å². The van der Waals surface area contributed by atoms with Crippen LogP contribution in [-0.2, 0) is 14.6 Å². The van der Waals surface area contributed by atoms with Crippen LogP contribution in [0.15, 0.2) is 0 Å². The van der Waals surface area contributed by atoms with Crippen molar-refractivity contribution in [2.75, 3.05) is 6.61 Å². The maximum atomic E-state index is 10.1. The van der Waals surface area contributed by atoms with Crippen molar-refractivity contribution in [1.29, 1.82) is 0 Å². The van der Waals surface area contributed by atoms with Crippen molar-refractivity contribution < 1.29 is 67.0 Å². The van der Waals surface area contributed by atoms with Crippen LogP contribution < -0.4 is 0 Å². The van der Waals surface area contributed by atoms with Crippen molar-refractivity contribution in [1.82, 2.24) is 0 Å². The van der Waals surface area contributed by atoms with E-state index in [0.717, 1.165) is 12.8 Å². The number of rotatable bonds is 12. The molecule has 0 aliphatic heterocycles. The first kappa shape index (κ1) is 21.8. The minimum atomic E-state index is -4.48. The molecular formula is C12H25FrO4S. The molecule has 0 saturated carbocycles. The maximum absolute atomic E-state index is 10.1. The van der Waals surface area contributed by atoms with Crippen molar-refractivity contribution in [3.63, 3.8) is 0 Å². The van der Waals surface area contributed by atoms with Gasteiger partial charge in [0.2, 0.25) is 10.4 Å². The average molecular weight is 488 g/mol. The molecule has 6 heteroatoms. The van der Waals surface area contributed by atoms with E-state index in [2.05, 4.69) is 11.1 Å². The molecule has 0 radical (unpaired) electrons. The molecule has 4 nitrogen and oxygen atoms in total. The summed E-state index contributed by atoms with van der Waals surface area (Å²) >= 11 is 0. The Kier molecular flexibility index (Phi) is 18.0. The van der Waals surface area contributed by atoms with E-state index in [1.807, 2.05) is 0 Å². The van der Waals surface area contributed by atoms with Gasteiger partial charge in [-0.15, -0.1) is 0 Å². The van der Waals surface area contributed by atoms with Gasteiger partial charge >= 0.3 is 49.9 Å². The van der Waals surface area contributed by atoms with Gasteiger partial charge in [-0.1, -0.05) is 64.7 Å². The Bertz CT molecular complexity index is 255. The first-order chi connectivity index (χ1) is 8.06. The van der Waals surface area contributed by atoms with E-state index in [0.29, 0.717) is 6.42 Å². The summed E-state index contributed by atoms with van der Waals surface area (Å²) in [6.45, 7) is 2.24. The fourth-order valence-electron chi connectivity index (χ4n) is 1.75. The van der Waals surface area contributed by atoms with Gasteiger partial charge in [-0.2, -0.15) is 0 Å². The molecule has 18 heavy (non-hydrogen) atoms. The zero-order chi connectivity index (χ0) is 13.0. The summed E-state index contributed by atoms with van der Waals surface area (Å²) in [7, 11) is -4.48. The molecule has 0 aromatic heterocycles. The van der Waals surface area contributed by atoms with Crippen molar-refractivity contribution in [2.24, 2.45) is 0 Å². The zero-order valence-corrected chi connectivity index (χ0v) is 20.9. The van der Waals surface area contributed by atoms with Gasteiger partial charge in [0.1, 0.15) is 0 Å². The van der Waals surface area contributed by atoms with E-state index < -0.39 is 10.4 Å². The molecule has 0 N–H and O–H groups in total. The summed E-state index contributed by atoms with van der Waals surface area (Å²) in [6.07, 6.45) is 11.7. The smallest absolute Gasteiger partial charge is 0.726 e. The predicted molar refractivity (Wildman–Crippen MR) is 67.5 cm³/mol. The Hall–Kier alpha value is 1.47. The molecule has 0 aromatic rings. The van der Waals surface area contributed by atoms with Gasteiger partial charge in [0.25, 0.3) is 0 Å². The molecule has 0 unspecified atom stereocenters. The van der Waals surface area contributed by atoms with E-state index >= 15 is 0 Å². The molecule has 0 heterocycles. The molecule has 0 bridgehead atoms. The van der Waals surface area contributed by atoms with Crippen molar-refractivity contribution in [2.45, 2.75) is 71.1 Å². The van der Waals surface area contributed by atoms with Crippen LogP contribution in [0.5, 0.6) is 0 Å². The summed E-state index contributed by atoms with van der Waals surface area (Å²) in [4.78, 5) is 0. The van der Waals surface area contributed by atoms with Crippen molar-refractivity contribution in [3.05, 3.63) is 0 Å². The second-order valence-electron chi connectivity index (χ2n) is 4.41. The van der Waals surface area contributed by atoms with E-state index in [1.165, 1.54) is 44.9 Å². The van der Waals surface area contributed by atoms with Gasteiger partial charge in [0, 0.05) is 0 Å². The number of hydrogen-bond acceptors (Lipinski definition) is 4. The van der Waals surface area contributed by atoms with E-state index in [1.54, 1.807) is 0 Å². The molecule has 0 fully saturated rings. The van der Waals surface area contributed by atoms with Gasteiger partial charge < -0.3 is 4.55 Å². The average Bonchev–Trinajstić information content (AvgIpc) is 2.24. The normalized spacial score (nSPS) is 11.2. The Balaban J connectivity index is 0. The van der Waals surface area contributed by atoms with Gasteiger partial charge in [-0.3, -0.25) is 4.18 Å². The third-order valence-electron chi connectivity index (χ3n) is 2.73. The molecule has 0 aromatic carbocycles. The Morgan fingerprint density at radius 3 is 1.61 bits per heavy atom. The maximum Gasteiger partial charge on any atom is 1.00 e. The Labute approximate surface area is 153 Å². The predicted octanol–water partition coefficient (Wildman–Crippen LogP) is 3.38. The number of unbranched alkanes of at least 4 members (excludes halogenated alkanes) is 9. The first-order valence-electron chi connectivity index (χ1n) is 6.66. The quantitative estimate of drug-likeness (QED) is 0.240. The van der Waals surface area contributed by atoms with Crippen LogP contribution in [0.3, 0.4) is 0 Å². The van der Waals surface area contributed by atoms with Crippen molar-refractivity contribution in [3.8, 4) is 0 Å². The van der Waals surface area contributed by atoms with Crippen LogP contribution in [0.25, 0.3) is 0 Å². The second kappa shape index (κ2) is 14.9. The standard InChI is InChI=1S/C12H26O4S.Fr/c1-2-3-4-5-6-7-8-9-10-11-12-16-17(13,14)15;/h2-12H2,1H3,(H,13,14,15);/q;+1/p-1. The molecule has 0 atom stereocenters. The zero-order valence-electron chi connectivity index (χ0n) is 11.8. The molecule has 0 saturated heterocycles. The summed E-state index contributed by atoms with van der Waals surface area (Å²) in [6, 6.07) is 0. The second-order valence-corrected chi connectivity index (χ2v) is 5.46. The van der Waals surface area contributed by atoms with E-state index in [-0.39, 0.29) is 56.5 Å². The van der Waals surface area contributed by atoms with Crippen molar-refractivity contribution >= 4 is 10.4 Å². The molecule has 0 spiro atoms. The largest absolute Gasteiger partial charge is 1.00 e. The molecule has 104 valence electrons. The SMILES string of the molecule is CCCCCCCCCCCCOS(=O)(=O)[O-].[Fr+]. The molecule has 0 aliphatic rings. The van der Waals surface area contributed by atoms with Gasteiger partial charge in [0.05, 0.1) is 6.61 Å². The fraction of sp³-hybridized carbons (Fsp3) is 1.00. The number of hydrogen-bond donors (Lipinski definition) is 0. The van der Waals surface area contributed by atoms with E-state index in [4.69, 9.17) is 0 Å². The monoisotopic (exact) mass is 488 g/mol. The first-order valence-corrected chi connectivity index (χ1v) is 8.00. The topological polar surface area (TPSA) is 66.4 Å². The minimum absolute atomic E-state index is 0. The third-order valence-corrected chi connectivity index (χ3v) is 3.18. The van der Waals surface area contributed by atoms with Crippen LogP contribution >= 0.6 is 0 Å². The van der Waals surface area contributed by atoms with Crippen LogP contribution in [0.1, 0.15) is 71.1 Å². The van der Waals surface area contributed by atoms with Crippen LogP contribution in [0.2, 0.25) is 0 Å². The third kappa shape index (κ3) is 19.8. The molecule has 0 aliphatic carbocycles. The fourth-order valence-corrected chi connectivity index (χ4v) is 2.07. The molecule has 0 rings (SSSR count). The van der Waals surface area contributed by atoms with Gasteiger partial charge in [-0.05, 0) is 6.42 Å². The Morgan fingerprint density at radius 1 is 0.833 bits per heavy atom. The van der Waals surface area contributed by atoms with Crippen LogP contribution in [-0.4, -0.2) is 19.6 Å². The molecule has 0 amide bonds. The van der Waals surface area contributed by atoms with Gasteiger partial charge in [-0.25, -0.2) is 8.42 Å².